The molecule has 1 aliphatic rings. The average molecular weight is 298 g/mol. The molecule has 1 atom stereocenters. The molecule has 1 unspecified atom stereocenters. The fourth-order valence-corrected chi connectivity index (χ4v) is 2.47. The summed E-state index contributed by atoms with van der Waals surface area (Å²) < 4.78 is 1.14. The maximum atomic E-state index is 3.48. The van der Waals surface area contributed by atoms with Crippen LogP contribution >= 0.6 is 15.9 Å². The lowest BCUT2D eigenvalue weighted by molar-refractivity contribution is 0.219. The highest BCUT2D eigenvalue weighted by Gasteiger charge is 2.16. The second-order valence-corrected chi connectivity index (χ2v) is 5.36. The normalized spacial score (nSPS) is 19.2. The number of hydrogen-bond donors (Lipinski definition) is 2. The van der Waals surface area contributed by atoms with Crippen molar-refractivity contribution in [3.8, 4) is 0 Å². The molecule has 0 bridgehead atoms. The molecule has 0 amide bonds. The summed E-state index contributed by atoms with van der Waals surface area (Å²) in [7, 11) is 2.04. The maximum absolute atomic E-state index is 3.48. The van der Waals surface area contributed by atoms with Gasteiger partial charge in [-0.1, -0.05) is 28.1 Å². The monoisotopic (exact) mass is 297 g/mol. The van der Waals surface area contributed by atoms with E-state index < -0.39 is 0 Å². The molecule has 4 heteroatoms. The number of nitrogens with one attached hydrogen (secondary N) is 2. The zero-order valence-electron chi connectivity index (χ0n) is 10.2. The van der Waals surface area contributed by atoms with E-state index in [2.05, 4.69) is 55.7 Å². The molecule has 1 aliphatic heterocycles. The van der Waals surface area contributed by atoms with E-state index in [1.807, 2.05) is 7.05 Å². The molecule has 1 heterocycles. The number of hydrogen-bond acceptors (Lipinski definition) is 3. The lowest BCUT2D eigenvalue weighted by atomic mass is 10.1. The van der Waals surface area contributed by atoms with E-state index in [0.717, 1.165) is 37.2 Å². The molecule has 2 N–H and O–H groups in total. The molecule has 1 fully saturated rings. The van der Waals surface area contributed by atoms with E-state index in [1.165, 1.54) is 5.56 Å². The van der Waals surface area contributed by atoms with Crippen molar-refractivity contribution in [1.82, 2.24) is 15.5 Å². The first-order chi connectivity index (χ1) is 8.29. The van der Waals surface area contributed by atoms with Crippen LogP contribution in [0.2, 0.25) is 0 Å². The maximum Gasteiger partial charge on any atom is 0.0446 e. The van der Waals surface area contributed by atoms with Crippen LogP contribution in [0.25, 0.3) is 0 Å². The van der Waals surface area contributed by atoms with Crippen LogP contribution < -0.4 is 10.6 Å². The van der Waals surface area contributed by atoms with Gasteiger partial charge in [-0.05, 0) is 24.7 Å². The third-order valence-electron chi connectivity index (χ3n) is 3.27. The van der Waals surface area contributed by atoms with Crippen LogP contribution in [0.3, 0.4) is 0 Å². The van der Waals surface area contributed by atoms with E-state index in [0.29, 0.717) is 6.04 Å². The molecule has 0 spiro atoms. The first-order valence-corrected chi connectivity index (χ1v) is 6.94. The van der Waals surface area contributed by atoms with Crippen molar-refractivity contribution in [3.05, 3.63) is 34.3 Å². The Hall–Kier alpha value is -0.420. The molecule has 0 radical (unpaired) electrons. The van der Waals surface area contributed by atoms with Gasteiger partial charge in [0.25, 0.3) is 0 Å². The molecule has 2 rings (SSSR count). The topological polar surface area (TPSA) is 27.3 Å². The smallest absolute Gasteiger partial charge is 0.0446 e. The molecule has 0 aromatic heterocycles. The number of rotatable bonds is 4. The van der Waals surface area contributed by atoms with Crippen molar-refractivity contribution in [1.29, 1.82) is 0 Å². The molecule has 3 nitrogen and oxygen atoms in total. The summed E-state index contributed by atoms with van der Waals surface area (Å²) >= 11 is 3.48. The Morgan fingerprint density at radius 2 is 1.94 bits per heavy atom. The molecule has 1 aromatic rings. The summed E-state index contributed by atoms with van der Waals surface area (Å²) in [5, 5.41) is 6.79. The average Bonchev–Trinajstić information content (AvgIpc) is 2.38. The summed E-state index contributed by atoms with van der Waals surface area (Å²) in [5.74, 6) is 0. The van der Waals surface area contributed by atoms with Crippen LogP contribution in [-0.2, 0) is 0 Å². The first-order valence-electron chi connectivity index (χ1n) is 6.15. The summed E-state index contributed by atoms with van der Waals surface area (Å²) in [6.07, 6.45) is 0. The zero-order valence-corrected chi connectivity index (χ0v) is 11.8. The van der Waals surface area contributed by atoms with Gasteiger partial charge in [0, 0.05) is 43.2 Å². The van der Waals surface area contributed by atoms with Crippen LogP contribution in [0, 0.1) is 0 Å². The summed E-state index contributed by atoms with van der Waals surface area (Å²) in [4.78, 5) is 2.51. The Kier molecular flexibility index (Phi) is 4.98. The van der Waals surface area contributed by atoms with Crippen LogP contribution in [0.5, 0.6) is 0 Å². The molecule has 1 aromatic carbocycles. The fourth-order valence-electron chi connectivity index (χ4n) is 2.21. The molecule has 0 saturated carbocycles. The van der Waals surface area contributed by atoms with Gasteiger partial charge in [0.05, 0.1) is 0 Å². The van der Waals surface area contributed by atoms with Gasteiger partial charge in [0.15, 0.2) is 0 Å². The van der Waals surface area contributed by atoms with Crippen LogP contribution in [0.4, 0.5) is 0 Å². The predicted molar refractivity (Wildman–Crippen MR) is 75.3 cm³/mol. The number of piperazine rings is 1. The number of nitrogens with zero attached hydrogens (tertiary/aromatic N) is 1. The van der Waals surface area contributed by atoms with E-state index >= 15 is 0 Å². The summed E-state index contributed by atoms with van der Waals surface area (Å²) in [6.45, 7) is 5.59. The van der Waals surface area contributed by atoms with Gasteiger partial charge in [0.1, 0.15) is 0 Å². The predicted octanol–water partition coefficient (Wildman–Crippen LogP) is 1.61. The SMILES string of the molecule is CNC(CN1CCNCC1)c1ccc(Br)cc1. The van der Waals surface area contributed by atoms with Crippen molar-refractivity contribution in [2.24, 2.45) is 0 Å². The minimum absolute atomic E-state index is 0.418. The minimum Gasteiger partial charge on any atom is -0.314 e. The lowest BCUT2D eigenvalue weighted by Gasteiger charge is -2.31. The number of benzene rings is 1. The Morgan fingerprint density at radius 1 is 1.29 bits per heavy atom. The molecule has 94 valence electrons. The summed E-state index contributed by atoms with van der Waals surface area (Å²) in [6, 6.07) is 9.01. The third kappa shape index (κ3) is 3.78. The molecular formula is C13H20BrN3. The first kappa shape index (κ1) is 13.0. The zero-order chi connectivity index (χ0) is 12.1. The Bertz CT molecular complexity index is 333. The van der Waals surface area contributed by atoms with Gasteiger partial charge >= 0.3 is 0 Å². The van der Waals surface area contributed by atoms with Gasteiger partial charge in [-0.25, -0.2) is 0 Å². The quantitative estimate of drug-likeness (QED) is 0.884. The molecule has 1 saturated heterocycles. The Balaban J connectivity index is 1.97. The highest BCUT2D eigenvalue weighted by atomic mass is 79.9. The van der Waals surface area contributed by atoms with Crippen LogP contribution in [0.15, 0.2) is 28.7 Å². The number of halogens is 1. The minimum atomic E-state index is 0.418. The van der Waals surface area contributed by atoms with Crippen LogP contribution in [0.1, 0.15) is 11.6 Å². The second-order valence-electron chi connectivity index (χ2n) is 4.44. The van der Waals surface area contributed by atoms with Gasteiger partial charge in [-0.3, -0.25) is 4.90 Å². The highest BCUT2D eigenvalue weighted by Crippen LogP contribution is 2.17. The third-order valence-corrected chi connectivity index (χ3v) is 3.80. The largest absolute Gasteiger partial charge is 0.314 e. The molecular weight excluding hydrogens is 278 g/mol. The van der Waals surface area contributed by atoms with Crippen LogP contribution in [-0.4, -0.2) is 44.7 Å². The van der Waals surface area contributed by atoms with Crippen molar-refractivity contribution < 1.29 is 0 Å². The lowest BCUT2D eigenvalue weighted by Crippen LogP contribution is -2.46. The van der Waals surface area contributed by atoms with Crippen molar-refractivity contribution >= 4 is 15.9 Å². The van der Waals surface area contributed by atoms with E-state index in [-0.39, 0.29) is 0 Å². The fraction of sp³-hybridized carbons (Fsp3) is 0.538. The second kappa shape index (κ2) is 6.50. The molecule has 17 heavy (non-hydrogen) atoms. The van der Waals surface area contributed by atoms with Crippen molar-refractivity contribution in [2.45, 2.75) is 6.04 Å². The summed E-state index contributed by atoms with van der Waals surface area (Å²) in [5.41, 5.74) is 1.36. The number of likely N-dealkylation sites (N-methyl/N-ethyl adjacent to an activating group) is 1. The van der Waals surface area contributed by atoms with E-state index in [9.17, 15) is 0 Å². The standard InChI is InChI=1S/C13H20BrN3/c1-15-13(10-17-8-6-16-7-9-17)11-2-4-12(14)5-3-11/h2-5,13,15-16H,6-10H2,1H3. The van der Waals surface area contributed by atoms with Gasteiger partial charge in [-0.15, -0.1) is 0 Å². The van der Waals surface area contributed by atoms with Crippen molar-refractivity contribution in [2.75, 3.05) is 39.8 Å². The highest BCUT2D eigenvalue weighted by molar-refractivity contribution is 9.10. The van der Waals surface area contributed by atoms with Crippen molar-refractivity contribution in [3.63, 3.8) is 0 Å². The van der Waals surface area contributed by atoms with E-state index in [1.54, 1.807) is 0 Å². The van der Waals surface area contributed by atoms with Gasteiger partial charge < -0.3 is 10.6 Å². The molecule has 0 aliphatic carbocycles. The Morgan fingerprint density at radius 3 is 2.53 bits per heavy atom. The Labute approximate surface area is 112 Å². The van der Waals surface area contributed by atoms with Gasteiger partial charge in [0.2, 0.25) is 0 Å². The van der Waals surface area contributed by atoms with Gasteiger partial charge in [-0.2, -0.15) is 0 Å². The van der Waals surface area contributed by atoms with E-state index in [4.69, 9.17) is 0 Å².